The van der Waals surface area contributed by atoms with Gasteiger partial charge < -0.3 is 5.32 Å². The molecule has 0 bridgehead atoms. The second-order valence-electron chi connectivity index (χ2n) is 5.57. The molecule has 2 aromatic rings. The number of hydrogen-bond acceptors (Lipinski definition) is 2. The van der Waals surface area contributed by atoms with Crippen molar-refractivity contribution >= 4 is 11.6 Å². The molecule has 1 aromatic carbocycles. The highest BCUT2D eigenvalue weighted by Crippen LogP contribution is 2.28. The van der Waals surface area contributed by atoms with E-state index in [4.69, 9.17) is 11.6 Å². The summed E-state index contributed by atoms with van der Waals surface area (Å²) in [4.78, 5) is 0. The van der Waals surface area contributed by atoms with Gasteiger partial charge in [-0.3, -0.25) is 4.68 Å². The smallest absolute Gasteiger partial charge is 0.0847 e. The summed E-state index contributed by atoms with van der Waals surface area (Å²) in [6.45, 7) is 9.18. The molecule has 0 aliphatic rings. The first-order chi connectivity index (χ1) is 9.97. The van der Waals surface area contributed by atoms with Crippen LogP contribution in [0.5, 0.6) is 0 Å². The van der Waals surface area contributed by atoms with E-state index in [1.807, 2.05) is 18.7 Å². The maximum atomic E-state index is 6.44. The lowest BCUT2D eigenvalue weighted by Crippen LogP contribution is -2.21. The number of aromatic nitrogens is 2. The zero-order valence-corrected chi connectivity index (χ0v) is 14.3. The maximum absolute atomic E-state index is 6.44. The Morgan fingerprint density at radius 3 is 2.62 bits per heavy atom. The van der Waals surface area contributed by atoms with Gasteiger partial charge in [-0.05, 0) is 45.9 Å². The van der Waals surface area contributed by atoms with Gasteiger partial charge in [0.05, 0.1) is 16.4 Å². The Balaban J connectivity index is 2.38. The van der Waals surface area contributed by atoms with Gasteiger partial charge in [-0.25, -0.2) is 0 Å². The summed E-state index contributed by atoms with van der Waals surface area (Å²) in [7, 11) is 2.00. The van der Waals surface area contributed by atoms with Crippen molar-refractivity contribution in [2.45, 2.75) is 46.7 Å². The normalized spacial score (nSPS) is 12.7. The molecular weight excluding hydrogens is 282 g/mol. The Hall–Kier alpha value is -1.32. The Morgan fingerprint density at radius 2 is 2.00 bits per heavy atom. The Kier molecular flexibility index (Phi) is 5.07. The minimum absolute atomic E-state index is 0.240. The van der Waals surface area contributed by atoms with Crippen molar-refractivity contribution < 1.29 is 0 Å². The summed E-state index contributed by atoms with van der Waals surface area (Å²) in [5.41, 5.74) is 5.92. The van der Waals surface area contributed by atoms with Gasteiger partial charge >= 0.3 is 0 Å². The fourth-order valence-corrected chi connectivity index (χ4v) is 2.97. The number of benzene rings is 1. The van der Waals surface area contributed by atoms with Crippen molar-refractivity contribution in [3.05, 3.63) is 51.3 Å². The Morgan fingerprint density at radius 1 is 1.29 bits per heavy atom. The van der Waals surface area contributed by atoms with E-state index >= 15 is 0 Å². The molecule has 0 aliphatic heterocycles. The lowest BCUT2D eigenvalue weighted by Gasteiger charge is -2.20. The number of hydrogen-bond donors (Lipinski definition) is 1. The minimum atomic E-state index is 0.240. The van der Waals surface area contributed by atoms with E-state index in [2.05, 4.69) is 49.4 Å². The average Bonchev–Trinajstić information content (AvgIpc) is 2.74. The molecular formula is C17H24ClN3. The number of nitrogens with zero attached hydrogens (tertiary/aromatic N) is 2. The summed E-state index contributed by atoms with van der Waals surface area (Å²) in [5, 5.41) is 8.72. The molecule has 21 heavy (non-hydrogen) atoms. The molecule has 3 nitrogen and oxygen atoms in total. The molecule has 1 N–H and O–H groups in total. The van der Waals surface area contributed by atoms with Crippen molar-refractivity contribution in [1.29, 1.82) is 0 Å². The molecule has 0 radical (unpaired) electrons. The fraction of sp³-hybridized carbons (Fsp3) is 0.471. The third-order valence-corrected chi connectivity index (χ3v) is 4.50. The summed E-state index contributed by atoms with van der Waals surface area (Å²) in [6.07, 6.45) is 0.842. The number of rotatable bonds is 5. The third-order valence-electron chi connectivity index (χ3n) is 4.01. The first kappa shape index (κ1) is 16.1. The zero-order valence-electron chi connectivity index (χ0n) is 13.5. The van der Waals surface area contributed by atoms with Crippen molar-refractivity contribution in [3.8, 4) is 0 Å². The highest BCUT2D eigenvalue weighted by Gasteiger charge is 2.19. The number of aryl methyl sites for hydroxylation is 4. The minimum Gasteiger partial charge on any atom is -0.313 e. The first-order valence-electron chi connectivity index (χ1n) is 7.44. The van der Waals surface area contributed by atoms with Gasteiger partial charge in [0, 0.05) is 19.0 Å². The van der Waals surface area contributed by atoms with Crippen LogP contribution in [-0.4, -0.2) is 16.8 Å². The molecule has 0 saturated heterocycles. The molecule has 0 spiro atoms. The van der Waals surface area contributed by atoms with Crippen LogP contribution >= 0.6 is 11.6 Å². The predicted octanol–water partition coefficient (Wildman–Crippen LogP) is 3.98. The van der Waals surface area contributed by atoms with Crippen LogP contribution in [0, 0.1) is 20.8 Å². The van der Waals surface area contributed by atoms with Crippen LogP contribution in [0.3, 0.4) is 0 Å². The van der Waals surface area contributed by atoms with Crippen LogP contribution in [0.25, 0.3) is 0 Å². The lowest BCUT2D eigenvalue weighted by molar-refractivity contribution is 0.539. The van der Waals surface area contributed by atoms with Gasteiger partial charge in [0.15, 0.2) is 0 Å². The second kappa shape index (κ2) is 6.63. The molecule has 0 fully saturated rings. The highest BCUT2D eigenvalue weighted by atomic mass is 35.5. The highest BCUT2D eigenvalue weighted by molar-refractivity contribution is 6.31. The average molecular weight is 306 g/mol. The van der Waals surface area contributed by atoms with Crippen molar-refractivity contribution in [3.63, 3.8) is 0 Å². The molecule has 1 aromatic heterocycles. The van der Waals surface area contributed by atoms with Gasteiger partial charge in [-0.15, -0.1) is 0 Å². The van der Waals surface area contributed by atoms with E-state index in [0.717, 1.165) is 29.4 Å². The number of likely N-dealkylation sites (N-methyl/N-ethyl adjacent to an activating group) is 1. The quantitative estimate of drug-likeness (QED) is 0.905. The molecule has 1 atom stereocenters. The zero-order chi connectivity index (χ0) is 15.6. The van der Waals surface area contributed by atoms with Crippen LogP contribution in [0.15, 0.2) is 18.2 Å². The maximum Gasteiger partial charge on any atom is 0.0847 e. The largest absolute Gasteiger partial charge is 0.313 e. The van der Waals surface area contributed by atoms with Gasteiger partial charge in [0.2, 0.25) is 0 Å². The number of nitrogens with one attached hydrogen (secondary N) is 1. The summed E-state index contributed by atoms with van der Waals surface area (Å²) in [5.74, 6) is 0. The monoisotopic (exact) mass is 305 g/mol. The van der Waals surface area contributed by atoms with Crippen molar-refractivity contribution in [2.24, 2.45) is 0 Å². The van der Waals surface area contributed by atoms with E-state index in [1.165, 1.54) is 16.7 Å². The fourth-order valence-electron chi connectivity index (χ4n) is 2.76. The molecule has 0 amide bonds. The van der Waals surface area contributed by atoms with Crippen LogP contribution in [0.2, 0.25) is 5.02 Å². The van der Waals surface area contributed by atoms with Gasteiger partial charge in [-0.2, -0.15) is 5.10 Å². The molecule has 114 valence electrons. The second-order valence-corrected chi connectivity index (χ2v) is 5.95. The summed E-state index contributed by atoms with van der Waals surface area (Å²) < 4.78 is 2.01. The van der Waals surface area contributed by atoms with Crippen LogP contribution in [0.4, 0.5) is 0 Å². The SMILES string of the molecule is CCn1nc(C)c(Cl)c1CC(NC)c1cc(C)ccc1C. The molecule has 0 saturated carbocycles. The van der Waals surface area contributed by atoms with Crippen molar-refractivity contribution in [1.82, 2.24) is 15.1 Å². The van der Waals surface area contributed by atoms with Crippen LogP contribution in [-0.2, 0) is 13.0 Å². The predicted molar refractivity (Wildman–Crippen MR) is 89.1 cm³/mol. The van der Waals surface area contributed by atoms with Crippen LogP contribution < -0.4 is 5.32 Å². The van der Waals surface area contributed by atoms with E-state index in [0.29, 0.717) is 0 Å². The first-order valence-corrected chi connectivity index (χ1v) is 7.81. The van der Waals surface area contributed by atoms with Crippen LogP contribution in [0.1, 0.15) is 41.0 Å². The standard InChI is InChI=1S/C17H24ClN3/c1-6-21-16(17(18)13(4)20-21)10-15(19-5)14-9-11(2)7-8-12(14)3/h7-9,15,19H,6,10H2,1-5H3. The van der Waals surface area contributed by atoms with Gasteiger partial charge in [0.25, 0.3) is 0 Å². The Bertz CT molecular complexity index is 631. The third kappa shape index (κ3) is 3.30. The molecule has 4 heteroatoms. The molecule has 2 rings (SSSR count). The van der Waals surface area contributed by atoms with E-state index < -0.39 is 0 Å². The van der Waals surface area contributed by atoms with E-state index in [-0.39, 0.29) is 6.04 Å². The number of halogens is 1. The molecule has 1 unspecified atom stereocenters. The lowest BCUT2D eigenvalue weighted by atomic mass is 9.95. The Labute approximate surface area is 132 Å². The topological polar surface area (TPSA) is 29.9 Å². The summed E-state index contributed by atoms with van der Waals surface area (Å²) in [6, 6.07) is 6.82. The van der Waals surface area contributed by atoms with E-state index in [9.17, 15) is 0 Å². The van der Waals surface area contributed by atoms with E-state index in [1.54, 1.807) is 0 Å². The molecule has 1 heterocycles. The molecule has 0 aliphatic carbocycles. The van der Waals surface area contributed by atoms with Crippen molar-refractivity contribution in [2.75, 3.05) is 7.05 Å². The summed E-state index contributed by atoms with van der Waals surface area (Å²) >= 11 is 6.44. The van der Waals surface area contributed by atoms with Gasteiger partial charge in [0.1, 0.15) is 0 Å². The van der Waals surface area contributed by atoms with Gasteiger partial charge in [-0.1, -0.05) is 35.4 Å².